The van der Waals surface area contributed by atoms with Gasteiger partial charge >= 0.3 is 0 Å². The summed E-state index contributed by atoms with van der Waals surface area (Å²) in [5.74, 6) is 0.994. The topological polar surface area (TPSA) is 38.3 Å². The van der Waals surface area contributed by atoms with E-state index in [-0.39, 0.29) is 11.8 Å². The zero-order valence-electron chi connectivity index (χ0n) is 10.8. The van der Waals surface area contributed by atoms with E-state index in [1.807, 2.05) is 24.3 Å². The Morgan fingerprint density at radius 2 is 2.21 bits per heavy atom. The van der Waals surface area contributed by atoms with Crippen LogP contribution in [0, 0.1) is 11.3 Å². The van der Waals surface area contributed by atoms with Gasteiger partial charge in [-0.15, -0.1) is 0 Å². The van der Waals surface area contributed by atoms with Gasteiger partial charge in [0.05, 0.1) is 5.92 Å². The molecule has 1 saturated carbocycles. The Kier molecular flexibility index (Phi) is 3.52. The van der Waals surface area contributed by atoms with Crippen LogP contribution < -0.4 is 10.1 Å². The van der Waals surface area contributed by atoms with Gasteiger partial charge in [0.15, 0.2) is 0 Å². The third-order valence-corrected chi connectivity index (χ3v) is 5.32. The molecule has 2 aliphatic rings. The Morgan fingerprint density at radius 3 is 2.95 bits per heavy atom. The Hall–Kier alpha value is -1.03. The number of nitrogens with one attached hydrogen (secondary N) is 1. The molecule has 0 radical (unpaired) electrons. The number of halogens is 1. The summed E-state index contributed by atoms with van der Waals surface area (Å²) >= 11 is 3.52. The number of carbonyl (C=O) groups excluding carboxylic acids is 1. The highest BCUT2D eigenvalue weighted by Crippen LogP contribution is 2.46. The number of alkyl halides is 1. The fourth-order valence-electron chi connectivity index (χ4n) is 2.45. The SMILES string of the molecule is O=C(NCC1(CBr)CC1)C1COc2ccccc2C1. The number of hydrogen-bond donors (Lipinski definition) is 1. The van der Waals surface area contributed by atoms with Crippen LogP contribution in [0.3, 0.4) is 0 Å². The van der Waals surface area contributed by atoms with Crippen LogP contribution in [0.5, 0.6) is 5.75 Å². The minimum absolute atomic E-state index is 0.0546. The van der Waals surface area contributed by atoms with Crippen molar-refractivity contribution >= 4 is 21.8 Å². The number of ether oxygens (including phenoxy) is 1. The van der Waals surface area contributed by atoms with Crippen LogP contribution in [0.2, 0.25) is 0 Å². The van der Waals surface area contributed by atoms with Crippen molar-refractivity contribution in [2.24, 2.45) is 11.3 Å². The van der Waals surface area contributed by atoms with Crippen molar-refractivity contribution in [3.8, 4) is 5.75 Å². The Morgan fingerprint density at radius 1 is 1.42 bits per heavy atom. The molecule has 1 N–H and O–H groups in total. The molecule has 4 heteroatoms. The van der Waals surface area contributed by atoms with Crippen molar-refractivity contribution in [1.29, 1.82) is 0 Å². The molecule has 0 saturated heterocycles. The Balaban J connectivity index is 1.57. The van der Waals surface area contributed by atoms with Gasteiger partial charge in [0.25, 0.3) is 0 Å². The highest BCUT2D eigenvalue weighted by Gasteiger charge is 2.42. The molecule has 1 aromatic rings. The van der Waals surface area contributed by atoms with Crippen LogP contribution in [0.25, 0.3) is 0 Å². The summed E-state index contributed by atoms with van der Waals surface area (Å²) in [5.41, 5.74) is 1.46. The molecule has 1 fully saturated rings. The fraction of sp³-hybridized carbons (Fsp3) is 0.533. The molecule has 3 nitrogen and oxygen atoms in total. The molecule has 102 valence electrons. The smallest absolute Gasteiger partial charge is 0.226 e. The maximum absolute atomic E-state index is 12.2. The van der Waals surface area contributed by atoms with Crippen molar-refractivity contribution in [2.45, 2.75) is 19.3 Å². The van der Waals surface area contributed by atoms with E-state index < -0.39 is 0 Å². The standard InChI is InChI=1S/C15H18BrNO2/c16-9-15(5-6-15)10-17-14(18)12-7-11-3-1-2-4-13(11)19-8-12/h1-4,12H,5-10H2,(H,17,18). The number of fused-ring (bicyclic) bond motifs is 1. The summed E-state index contributed by atoms with van der Waals surface area (Å²) in [4.78, 5) is 12.2. The lowest BCUT2D eigenvalue weighted by molar-refractivity contribution is -0.126. The molecule has 19 heavy (non-hydrogen) atoms. The molecular weight excluding hydrogens is 306 g/mol. The summed E-state index contributed by atoms with van der Waals surface area (Å²) in [5, 5.41) is 4.06. The first-order valence-corrected chi connectivity index (χ1v) is 7.89. The maximum atomic E-state index is 12.2. The van der Waals surface area contributed by atoms with Gasteiger partial charge in [-0.2, -0.15) is 0 Å². The lowest BCUT2D eigenvalue weighted by Crippen LogP contribution is -2.40. The number of para-hydroxylation sites is 1. The second-order valence-electron chi connectivity index (χ2n) is 5.67. The summed E-state index contributed by atoms with van der Waals surface area (Å²) in [6, 6.07) is 7.96. The van der Waals surface area contributed by atoms with Gasteiger partial charge < -0.3 is 10.1 Å². The molecule has 0 bridgehead atoms. The maximum Gasteiger partial charge on any atom is 0.226 e. The van der Waals surface area contributed by atoms with Crippen LogP contribution >= 0.6 is 15.9 Å². The van der Waals surface area contributed by atoms with E-state index in [0.717, 1.165) is 29.6 Å². The van der Waals surface area contributed by atoms with E-state index in [4.69, 9.17) is 4.74 Å². The normalized spacial score (nSPS) is 23.1. The van der Waals surface area contributed by atoms with Gasteiger partial charge in [-0.3, -0.25) is 4.79 Å². The van der Waals surface area contributed by atoms with Crippen molar-refractivity contribution < 1.29 is 9.53 Å². The van der Waals surface area contributed by atoms with E-state index in [0.29, 0.717) is 12.0 Å². The van der Waals surface area contributed by atoms with Gasteiger partial charge in [0.2, 0.25) is 5.91 Å². The first kappa shape index (κ1) is 13.0. The van der Waals surface area contributed by atoms with Crippen molar-refractivity contribution in [1.82, 2.24) is 5.32 Å². The molecule has 1 aliphatic carbocycles. The quantitative estimate of drug-likeness (QED) is 0.865. The number of benzene rings is 1. The molecule has 0 spiro atoms. The van der Waals surface area contributed by atoms with Gasteiger partial charge in [-0.1, -0.05) is 34.1 Å². The molecule has 0 aromatic heterocycles. The van der Waals surface area contributed by atoms with E-state index in [1.165, 1.54) is 12.8 Å². The molecule has 1 atom stereocenters. The minimum Gasteiger partial charge on any atom is -0.492 e. The Bertz CT molecular complexity index is 485. The van der Waals surface area contributed by atoms with E-state index in [1.54, 1.807) is 0 Å². The second-order valence-corrected chi connectivity index (χ2v) is 6.23. The lowest BCUT2D eigenvalue weighted by Gasteiger charge is -2.25. The monoisotopic (exact) mass is 323 g/mol. The highest BCUT2D eigenvalue weighted by atomic mass is 79.9. The Labute approximate surface area is 121 Å². The van der Waals surface area contributed by atoms with Gasteiger partial charge in [-0.25, -0.2) is 0 Å². The van der Waals surface area contributed by atoms with E-state index >= 15 is 0 Å². The van der Waals surface area contributed by atoms with Crippen molar-refractivity contribution in [3.05, 3.63) is 29.8 Å². The zero-order chi connectivity index (χ0) is 13.3. The van der Waals surface area contributed by atoms with Gasteiger partial charge in [0, 0.05) is 11.9 Å². The highest BCUT2D eigenvalue weighted by molar-refractivity contribution is 9.09. The average molecular weight is 324 g/mol. The largest absolute Gasteiger partial charge is 0.492 e. The fourth-order valence-corrected chi connectivity index (χ4v) is 3.21. The van der Waals surface area contributed by atoms with Crippen molar-refractivity contribution in [3.63, 3.8) is 0 Å². The van der Waals surface area contributed by atoms with Crippen LogP contribution in [0.1, 0.15) is 18.4 Å². The molecule has 1 amide bonds. The molecule has 1 unspecified atom stereocenters. The average Bonchev–Trinajstić information content (AvgIpc) is 3.25. The third kappa shape index (κ3) is 2.78. The lowest BCUT2D eigenvalue weighted by atomic mass is 9.96. The van der Waals surface area contributed by atoms with Crippen LogP contribution in [0.4, 0.5) is 0 Å². The number of rotatable bonds is 4. The number of amides is 1. The summed E-state index contributed by atoms with van der Waals surface area (Å²) < 4.78 is 5.66. The van der Waals surface area contributed by atoms with E-state index in [9.17, 15) is 4.79 Å². The van der Waals surface area contributed by atoms with Crippen LogP contribution in [-0.2, 0) is 11.2 Å². The molecule has 1 aliphatic heterocycles. The molecule has 1 heterocycles. The number of carbonyl (C=O) groups is 1. The third-order valence-electron chi connectivity index (χ3n) is 4.13. The van der Waals surface area contributed by atoms with Crippen LogP contribution in [0.15, 0.2) is 24.3 Å². The number of hydrogen-bond acceptors (Lipinski definition) is 2. The molecular formula is C15H18BrNO2. The van der Waals surface area contributed by atoms with Gasteiger partial charge in [-0.05, 0) is 36.3 Å². The zero-order valence-corrected chi connectivity index (χ0v) is 12.4. The second kappa shape index (κ2) is 5.16. The predicted molar refractivity (Wildman–Crippen MR) is 77.6 cm³/mol. The molecule has 3 rings (SSSR count). The predicted octanol–water partition coefficient (Wildman–Crippen LogP) is 2.53. The van der Waals surface area contributed by atoms with Crippen molar-refractivity contribution in [2.75, 3.05) is 18.5 Å². The summed E-state index contributed by atoms with van der Waals surface area (Å²) in [7, 11) is 0. The summed E-state index contributed by atoms with van der Waals surface area (Å²) in [6.45, 7) is 1.28. The summed E-state index contributed by atoms with van der Waals surface area (Å²) in [6.07, 6.45) is 3.20. The first-order chi connectivity index (χ1) is 9.22. The first-order valence-electron chi connectivity index (χ1n) is 6.77. The van der Waals surface area contributed by atoms with Gasteiger partial charge in [0.1, 0.15) is 12.4 Å². The van der Waals surface area contributed by atoms with E-state index in [2.05, 4.69) is 21.2 Å². The van der Waals surface area contributed by atoms with Crippen LogP contribution in [-0.4, -0.2) is 24.4 Å². The minimum atomic E-state index is -0.0546. The molecule has 1 aromatic carbocycles.